The average Bonchev–Trinajstić information content (AvgIpc) is 3.19. The van der Waals surface area contributed by atoms with Gasteiger partial charge in [-0.3, -0.25) is 15.0 Å². The largest absolute Gasteiger partial charge is 0.281 e. The van der Waals surface area contributed by atoms with Gasteiger partial charge in [0.25, 0.3) is 11.5 Å². The number of aryl methyl sites for hydroxylation is 1. The van der Waals surface area contributed by atoms with E-state index in [1.807, 2.05) is 13.8 Å². The smallest absolute Gasteiger partial charge is 0.267 e. The van der Waals surface area contributed by atoms with Crippen LogP contribution in [-0.4, -0.2) is 41.4 Å². The summed E-state index contributed by atoms with van der Waals surface area (Å²) in [6, 6.07) is 7.56. The Morgan fingerprint density at radius 3 is 2.61 bits per heavy atom. The molecule has 1 N–H and O–H groups in total. The zero-order chi connectivity index (χ0) is 22.3. The number of sulfonamides is 1. The monoisotopic (exact) mass is 460 g/mol. The number of carbonyl (C=O) groups excluding carboxylic acids is 1. The molecule has 2 aromatic heterocycles. The van der Waals surface area contributed by atoms with Crippen molar-refractivity contribution in [2.75, 3.05) is 18.5 Å². The highest BCUT2D eigenvalue weighted by Crippen LogP contribution is 2.27. The number of fused-ring (bicyclic) bond motifs is 1. The van der Waals surface area contributed by atoms with E-state index in [0.717, 1.165) is 11.1 Å². The summed E-state index contributed by atoms with van der Waals surface area (Å²) >= 11 is 1.35. The number of thiophene rings is 1. The van der Waals surface area contributed by atoms with Crippen LogP contribution in [0.15, 0.2) is 45.4 Å². The van der Waals surface area contributed by atoms with E-state index in [1.54, 1.807) is 18.4 Å². The van der Waals surface area contributed by atoms with Gasteiger partial charge in [0.2, 0.25) is 10.0 Å². The van der Waals surface area contributed by atoms with Gasteiger partial charge in [-0.1, -0.05) is 19.9 Å². The first-order valence-electron chi connectivity index (χ1n) is 10.0. The second kappa shape index (κ2) is 8.18. The summed E-state index contributed by atoms with van der Waals surface area (Å²) in [6.45, 7) is 6.63. The lowest BCUT2D eigenvalue weighted by atomic mass is 9.94. The van der Waals surface area contributed by atoms with E-state index in [1.165, 1.54) is 39.9 Å². The molecule has 4 rings (SSSR count). The molecule has 8 nitrogen and oxygen atoms in total. The van der Waals surface area contributed by atoms with Gasteiger partial charge in [-0.15, -0.1) is 11.3 Å². The molecule has 0 bridgehead atoms. The van der Waals surface area contributed by atoms with E-state index in [9.17, 15) is 18.0 Å². The lowest BCUT2D eigenvalue weighted by molar-refractivity contribution is 0.101. The highest BCUT2D eigenvalue weighted by molar-refractivity contribution is 7.89. The van der Waals surface area contributed by atoms with Crippen molar-refractivity contribution in [3.8, 4) is 0 Å². The number of piperidine rings is 1. The Morgan fingerprint density at radius 2 is 1.90 bits per heavy atom. The first-order chi connectivity index (χ1) is 14.7. The Morgan fingerprint density at radius 1 is 1.19 bits per heavy atom. The van der Waals surface area contributed by atoms with Crippen LogP contribution in [0.25, 0.3) is 10.2 Å². The van der Waals surface area contributed by atoms with Crippen molar-refractivity contribution in [3.05, 3.63) is 57.5 Å². The van der Waals surface area contributed by atoms with E-state index in [4.69, 9.17) is 0 Å². The molecule has 2 unspecified atom stereocenters. The topological polar surface area (TPSA) is 101 Å². The quantitative estimate of drug-likeness (QED) is 0.645. The summed E-state index contributed by atoms with van der Waals surface area (Å²) in [7, 11) is -3.72. The molecule has 1 aromatic carbocycles. The van der Waals surface area contributed by atoms with Crippen LogP contribution in [0.4, 0.5) is 0 Å². The molecule has 1 aliphatic heterocycles. The number of amides is 1. The SMILES string of the molecule is Cc1nc2sccc2c(=O)n1NC(=O)c1cccc(S(=O)(=O)N2CC(C)CC(C)C2)c1. The zero-order valence-corrected chi connectivity index (χ0v) is 19.2. The first-order valence-corrected chi connectivity index (χ1v) is 12.4. The second-order valence-corrected chi connectivity index (χ2v) is 11.0. The van der Waals surface area contributed by atoms with Crippen LogP contribution in [0.5, 0.6) is 0 Å². The third-order valence-corrected chi connectivity index (χ3v) is 8.08. The third-order valence-electron chi connectivity index (χ3n) is 5.45. The lowest BCUT2D eigenvalue weighted by Crippen LogP contribution is -2.42. The lowest BCUT2D eigenvalue weighted by Gasteiger charge is -2.34. The molecule has 1 saturated heterocycles. The van der Waals surface area contributed by atoms with Gasteiger partial charge in [0, 0.05) is 18.7 Å². The minimum absolute atomic E-state index is 0.0666. The molecule has 0 saturated carbocycles. The minimum Gasteiger partial charge on any atom is -0.267 e. The Hall–Kier alpha value is -2.56. The van der Waals surface area contributed by atoms with Crippen LogP contribution in [0.3, 0.4) is 0 Å². The van der Waals surface area contributed by atoms with Crippen molar-refractivity contribution in [2.24, 2.45) is 11.8 Å². The zero-order valence-electron chi connectivity index (χ0n) is 17.5. The van der Waals surface area contributed by atoms with Gasteiger partial charge in [-0.05, 0) is 54.8 Å². The molecule has 1 amide bonds. The van der Waals surface area contributed by atoms with E-state index in [2.05, 4.69) is 10.4 Å². The number of rotatable bonds is 4. The Labute approximate surface area is 184 Å². The normalized spacial score (nSPS) is 20.1. The molecule has 3 heterocycles. The third kappa shape index (κ3) is 4.15. The van der Waals surface area contributed by atoms with Crippen molar-refractivity contribution < 1.29 is 13.2 Å². The first kappa shape index (κ1) is 21.7. The molecule has 2 atom stereocenters. The molecule has 164 valence electrons. The van der Waals surface area contributed by atoms with Gasteiger partial charge in [0.1, 0.15) is 10.7 Å². The highest BCUT2D eigenvalue weighted by atomic mass is 32.2. The number of benzene rings is 1. The van der Waals surface area contributed by atoms with Crippen LogP contribution >= 0.6 is 11.3 Å². The highest BCUT2D eigenvalue weighted by Gasteiger charge is 2.32. The van der Waals surface area contributed by atoms with Crippen LogP contribution in [0.1, 0.15) is 36.5 Å². The maximum Gasteiger partial charge on any atom is 0.281 e. The summed E-state index contributed by atoms with van der Waals surface area (Å²) in [5.74, 6) is 0.311. The summed E-state index contributed by atoms with van der Waals surface area (Å²) in [4.78, 5) is 30.5. The number of nitrogens with one attached hydrogen (secondary N) is 1. The van der Waals surface area contributed by atoms with Crippen LogP contribution in [-0.2, 0) is 10.0 Å². The molecule has 0 spiro atoms. The maximum atomic E-state index is 13.2. The van der Waals surface area contributed by atoms with E-state index in [-0.39, 0.29) is 27.9 Å². The summed E-state index contributed by atoms with van der Waals surface area (Å²) < 4.78 is 28.9. The molecule has 1 fully saturated rings. The van der Waals surface area contributed by atoms with Crippen LogP contribution in [0, 0.1) is 18.8 Å². The Bertz CT molecular complexity index is 1300. The summed E-state index contributed by atoms with van der Waals surface area (Å²) in [6.07, 6.45) is 0.991. The van der Waals surface area contributed by atoms with Crippen molar-refractivity contribution in [2.45, 2.75) is 32.1 Å². The van der Waals surface area contributed by atoms with Gasteiger partial charge in [0.15, 0.2) is 0 Å². The summed E-state index contributed by atoms with van der Waals surface area (Å²) in [5, 5.41) is 2.18. The average molecular weight is 461 g/mol. The van der Waals surface area contributed by atoms with Gasteiger partial charge >= 0.3 is 0 Å². The molecule has 0 radical (unpaired) electrons. The maximum absolute atomic E-state index is 13.2. The fourth-order valence-electron chi connectivity index (χ4n) is 4.06. The van der Waals surface area contributed by atoms with Gasteiger partial charge in [-0.2, -0.15) is 4.31 Å². The van der Waals surface area contributed by atoms with Crippen molar-refractivity contribution >= 4 is 37.5 Å². The van der Waals surface area contributed by atoms with Crippen molar-refractivity contribution in [1.82, 2.24) is 14.0 Å². The predicted octanol–water partition coefficient (Wildman–Crippen LogP) is 2.82. The Balaban J connectivity index is 1.63. The number of nitrogens with zero attached hydrogens (tertiary/aromatic N) is 3. The van der Waals surface area contributed by atoms with E-state index < -0.39 is 15.9 Å². The van der Waals surface area contributed by atoms with Crippen molar-refractivity contribution in [1.29, 1.82) is 0 Å². The number of carbonyl (C=O) groups is 1. The molecular weight excluding hydrogens is 436 g/mol. The molecule has 31 heavy (non-hydrogen) atoms. The van der Waals surface area contributed by atoms with Gasteiger partial charge < -0.3 is 0 Å². The number of hydrogen-bond donors (Lipinski definition) is 1. The van der Waals surface area contributed by atoms with E-state index in [0.29, 0.717) is 29.1 Å². The number of aromatic nitrogens is 2. The molecule has 10 heteroatoms. The minimum atomic E-state index is -3.72. The fourth-order valence-corrected chi connectivity index (χ4v) is 6.59. The standard InChI is InChI=1S/C21H24N4O4S2/c1-13-9-14(2)12-24(11-13)31(28,29)17-6-4-5-16(10-17)19(26)23-25-15(3)22-20-18(21(25)27)7-8-30-20/h4-8,10,13-14H,9,11-12H2,1-3H3,(H,23,26). The summed E-state index contributed by atoms with van der Waals surface area (Å²) in [5.41, 5.74) is 2.32. The number of hydrogen-bond acceptors (Lipinski definition) is 6. The molecule has 3 aromatic rings. The van der Waals surface area contributed by atoms with Gasteiger partial charge in [-0.25, -0.2) is 18.1 Å². The Kier molecular flexibility index (Phi) is 5.71. The van der Waals surface area contributed by atoms with Crippen LogP contribution < -0.4 is 11.0 Å². The molecule has 1 aliphatic rings. The van der Waals surface area contributed by atoms with E-state index >= 15 is 0 Å². The molecule has 0 aliphatic carbocycles. The van der Waals surface area contributed by atoms with Crippen LogP contribution in [0.2, 0.25) is 0 Å². The second-order valence-electron chi connectivity index (χ2n) is 8.18. The van der Waals surface area contributed by atoms with Gasteiger partial charge in [0.05, 0.1) is 10.3 Å². The fraction of sp³-hybridized carbons (Fsp3) is 0.381. The van der Waals surface area contributed by atoms with Crippen molar-refractivity contribution in [3.63, 3.8) is 0 Å². The predicted molar refractivity (Wildman–Crippen MR) is 120 cm³/mol. The molecular formula is C21H24N4O4S2.